The van der Waals surface area contributed by atoms with Gasteiger partial charge in [0.2, 0.25) is 6.20 Å². The summed E-state index contributed by atoms with van der Waals surface area (Å²) >= 11 is 11.1. The molecule has 1 aromatic heterocycles. The topological polar surface area (TPSA) is 26.9 Å². The maximum atomic E-state index is 10.8. The third-order valence-electron chi connectivity index (χ3n) is 1.14. The number of rotatable bonds is 0. The van der Waals surface area contributed by atoms with Crippen LogP contribution in [0.1, 0.15) is 5.69 Å². The monoisotopic (exact) mass is 177 g/mol. The normalized spacial score (nSPS) is 9.90. The van der Waals surface area contributed by atoms with E-state index in [4.69, 9.17) is 23.2 Å². The van der Waals surface area contributed by atoms with Crippen molar-refractivity contribution < 1.29 is 4.73 Å². The summed E-state index contributed by atoms with van der Waals surface area (Å²) in [5.41, 5.74) is 0.536. The molecular formula is C6H5Cl2NO. The Labute approximate surface area is 68.6 Å². The summed E-state index contributed by atoms with van der Waals surface area (Å²) in [5.74, 6) is 0. The van der Waals surface area contributed by atoms with Crippen LogP contribution >= 0.6 is 23.2 Å². The van der Waals surface area contributed by atoms with Gasteiger partial charge < -0.3 is 5.21 Å². The van der Waals surface area contributed by atoms with Crippen molar-refractivity contribution >= 4 is 23.2 Å². The Morgan fingerprint density at radius 2 is 2.00 bits per heavy atom. The average molecular weight is 178 g/mol. The van der Waals surface area contributed by atoms with Crippen LogP contribution in [0.15, 0.2) is 12.3 Å². The van der Waals surface area contributed by atoms with Gasteiger partial charge in [-0.05, 0) is 0 Å². The second-order valence-electron chi connectivity index (χ2n) is 1.94. The summed E-state index contributed by atoms with van der Waals surface area (Å²) in [5, 5.41) is 11.5. The van der Waals surface area contributed by atoms with Crippen molar-refractivity contribution in [2.45, 2.75) is 6.92 Å². The predicted octanol–water partition coefficient (Wildman–Crippen LogP) is 1.94. The highest BCUT2D eigenvalue weighted by molar-refractivity contribution is 6.41. The van der Waals surface area contributed by atoms with Crippen LogP contribution in [0.3, 0.4) is 0 Å². The van der Waals surface area contributed by atoms with Crippen LogP contribution in [0.2, 0.25) is 10.0 Å². The standard InChI is InChI=1S/C6H5Cl2NO/c1-4-2-5(7)6(8)3-9(4)10/h2-3H,1H3. The van der Waals surface area contributed by atoms with Gasteiger partial charge in [-0.3, -0.25) is 0 Å². The molecule has 1 aromatic rings. The maximum absolute atomic E-state index is 10.8. The highest BCUT2D eigenvalue weighted by atomic mass is 35.5. The SMILES string of the molecule is Cc1cc(Cl)c(Cl)c[n+]1[O-]. The lowest BCUT2D eigenvalue weighted by molar-refractivity contribution is -0.612. The minimum absolute atomic E-state index is 0.280. The number of hydrogen-bond donors (Lipinski definition) is 0. The van der Waals surface area contributed by atoms with E-state index in [1.54, 1.807) is 6.92 Å². The molecule has 54 valence electrons. The molecule has 0 radical (unpaired) electrons. The van der Waals surface area contributed by atoms with Gasteiger partial charge in [0.1, 0.15) is 5.02 Å². The van der Waals surface area contributed by atoms with Gasteiger partial charge in [-0.15, -0.1) is 0 Å². The molecule has 2 nitrogen and oxygen atoms in total. The molecule has 0 bridgehead atoms. The number of aryl methyl sites for hydroxylation is 1. The van der Waals surface area contributed by atoms with Gasteiger partial charge in [0.05, 0.1) is 5.02 Å². The summed E-state index contributed by atoms with van der Waals surface area (Å²) in [6.45, 7) is 1.66. The van der Waals surface area contributed by atoms with Crippen molar-refractivity contribution in [3.8, 4) is 0 Å². The van der Waals surface area contributed by atoms with Gasteiger partial charge in [-0.2, -0.15) is 4.73 Å². The van der Waals surface area contributed by atoms with Crippen molar-refractivity contribution in [2.24, 2.45) is 0 Å². The molecule has 0 aromatic carbocycles. The zero-order valence-corrected chi connectivity index (χ0v) is 6.78. The molecule has 0 aliphatic heterocycles. The van der Waals surface area contributed by atoms with E-state index in [0.29, 0.717) is 15.4 Å². The molecule has 1 heterocycles. The van der Waals surface area contributed by atoms with Crippen LogP contribution < -0.4 is 4.73 Å². The predicted molar refractivity (Wildman–Crippen MR) is 40.2 cm³/mol. The fourth-order valence-corrected chi connectivity index (χ4v) is 0.932. The molecule has 10 heavy (non-hydrogen) atoms. The number of halogens is 2. The molecule has 0 fully saturated rings. The van der Waals surface area contributed by atoms with Gasteiger partial charge in [0.25, 0.3) is 0 Å². The molecule has 0 unspecified atom stereocenters. The highest BCUT2D eigenvalue weighted by Crippen LogP contribution is 2.19. The Morgan fingerprint density at radius 1 is 1.40 bits per heavy atom. The second kappa shape index (κ2) is 2.64. The Bertz CT molecular complexity index is 212. The number of nitrogens with zero attached hydrogens (tertiary/aromatic N) is 1. The average Bonchev–Trinajstić information content (AvgIpc) is 1.84. The van der Waals surface area contributed by atoms with E-state index in [1.165, 1.54) is 12.3 Å². The van der Waals surface area contributed by atoms with Crippen molar-refractivity contribution in [1.29, 1.82) is 0 Å². The van der Waals surface area contributed by atoms with Crippen LogP contribution in [0, 0.1) is 12.1 Å². The Balaban J connectivity index is 3.28. The van der Waals surface area contributed by atoms with E-state index < -0.39 is 0 Å². The second-order valence-corrected chi connectivity index (χ2v) is 2.75. The number of hydrogen-bond acceptors (Lipinski definition) is 1. The zero-order valence-electron chi connectivity index (χ0n) is 5.27. The van der Waals surface area contributed by atoms with Gasteiger partial charge in [0, 0.05) is 13.0 Å². The zero-order chi connectivity index (χ0) is 7.72. The lowest BCUT2D eigenvalue weighted by Gasteiger charge is -2.00. The first kappa shape index (κ1) is 7.63. The quantitative estimate of drug-likeness (QED) is 0.440. The van der Waals surface area contributed by atoms with E-state index >= 15 is 0 Å². The molecule has 0 saturated heterocycles. The summed E-state index contributed by atoms with van der Waals surface area (Å²) in [7, 11) is 0. The Morgan fingerprint density at radius 3 is 2.50 bits per heavy atom. The van der Waals surface area contributed by atoms with Gasteiger partial charge in [-0.25, -0.2) is 0 Å². The lowest BCUT2D eigenvalue weighted by Crippen LogP contribution is -2.29. The van der Waals surface area contributed by atoms with Crippen LogP contribution in [-0.2, 0) is 0 Å². The Hall–Kier alpha value is -0.470. The maximum Gasteiger partial charge on any atom is 0.200 e. The van der Waals surface area contributed by atoms with Gasteiger partial charge in [-0.1, -0.05) is 23.2 Å². The summed E-state index contributed by atoms with van der Waals surface area (Å²) in [6, 6.07) is 1.52. The molecule has 0 amide bonds. The van der Waals surface area contributed by atoms with E-state index in [2.05, 4.69) is 0 Å². The van der Waals surface area contributed by atoms with Gasteiger partial charge >= 0.3 is 0 Å². The van der Waals surface area contributed by atoms with Crippen molar-refractivity contribution in [1.82, 2.24) is 0 Å². The molecule has 1 rings (SSSR count). The fraction of sp³-hybridized carbons (Fsp3) is 0.167. The van der Waals surface area contributed by atoms with E-state index in [-0.39, 0.29) is 5.02 Å². The first-order valence-electron chi connectivity index (χ1n) is 2.66. The third kappa shape index (κ3) is 1.33. The highest BCUT2D eigenvalue weighted by Gasteiger charge is 2.04. The third-order valence-corrected chi connectivity index (χ3v) is 1.85. The van der Waals surface area contributed by atoms with Crippen molar-refractivity contribution in [2.75, 3.05) is 0 Å². The van der Waals surface area contributed by atoms with Gasteiger partial charge in [0.15, 0.2) is 5.69 Å². The molecule has 4 heteroatoms. The molecule has 0 N–H and O–H groups in total. The smallest absolute Gasteiger partial charge is 0.200 e. The van der Waals surface area contributed by atoms with E-state index in [9.17, 15) is 5.21 Å². The number of pyridine rings is 1. The van der Waals surface area contributed by atoms with Crippen LogP contribution in [-0.4, -0.2) is 0 Å². The summed E-state index contributed by atoms with van der Waals surface area (Å²) < 4.78 is 0.675. The Kier molecular flexibility index (Phi) is 2.02. The molecular weight excluding hydrogens is 173 g/mol. The molecule has 0 aliphatic carbocycles. The summed E-state index contributed by atoms with van der Waals surface area (Å²) in [4.78, 5) is 0. The van der Waals surface area contributed by atoms with E-state index in [1.807, 2.05) is 0 Å². The van der Waals surface area contributed by atoms with Crippen LogP contribution in [0.25, 0.3) is 0 Å². The first-order valence-corrected chi connectivity index (χ1v) is 3.41. The minimum atomic E-state index is 0.280. The van der Waals surface area contributed by atoms with Crippen molar-refractivity contribution in [3.63, 3.8) is 0 Å². The summed E-state index contributed by atoms with van der Waals surface area (Å²) in [6.07, 6.45) is 1.24. The first-order chi connectivity index (χ1) is 4.61. The van der Waals surface area contributed by atoms with E-state index in [0.717, 1.165) is 0 Å². The largest absolute Gasteiger partial charge is 0.618 e. The molecule has 0 atom stereocenters. The minimum Gasteiger partial charge on any atom is -0.618 e. The van der Waals surface area contributed by atoms with Crippen molar-refractivity contribution in [3.05, 3.63) is 33.2 Å². The molecule has 0 spiro atoms. The number of aromatic nitrogens is 1. The van der Waals surface area contributed by atoms with Crippen LogP contribution in [0.4, 0.5) is 0 Å². The fourth-order valence-electron chi connectivity index (χ4n) is 0.582. The lowest BCUT2D eigenvalue weighted by atomic mass is 10.4. The molecule has 0 saturated carbocycles. The molecule has 0 aliphatic rings. The van der Waals surface area contributed by atoms with Crippen LogP contribution in [0.5, 0.6) is 0 Å².